The van der Waals surface area contributed by atoms with E-state index in [4.69, 9.17) is 5.26 Å². The number of nitrogens with zero attached hydrogens (tertiary/aromatic N) is 4. The highest BCUT2D eigenvalue weighted by atomic mass is 32.1. The number of carboxylic acids is 1. The number of nitriles is 1. The Kier molecular flexibility index (Phi) is 4.15. The highest BCUT2D eigenvalue weighted by molar-refractivity contribution is 7.11. The van der Waals surface area contributed by atoms with E-state index >= 15 is 0 Å². The van der Waals surface area contributed by atoms with E-state index < -0.39 is 5.97 Å². The predicted octanol–water partition coefficient (Wildman–Crippen LogP) is 3.81. The monoisotopic (exact) mass is 338 g/mol. The van der Waals surface area contributed by atoms with Gasteiger partial charge in [-0.25, -0.2) is 14.5 Å². The van der Waals surface area contributed by atoms with Crippen LogP contribution in [-0.2, 0) is 0 Å². The van der Waals surface area contributed by atoms with Crippen LogP contribution >= 0.6 is 11.3 Å². The maximum atomic E-state index is 11.5. The average Bonchev–Trinajstić information content (AvgIpc) is 3.18. The van der Waals surface area contributed by atoms with E-state index in [0.29, 0.717) is 22.3 Å². The number of fused-ring (bicyclic) bond motifs is 1. The van der Waals surface area contributed by atoms with Crippen molar-refractivity contribution in [1.82, 2.24) is 14.8 Å². The van der Waals surface area contributed by atoms with Gasteiger partial charge in [-0.1, -0.05) is 0 Å². The van der Waals surface area contributed by atoms with E-state index in [1.54, 1.807) is 22.2 Å². The number of pyridine rings is 1. The Balaban J connectivity index is 2.09. The normalized spacial score (nSPS) is 11.4. The molecule has 3 heterocycles. The Morgan fingerprint density at radius 3 is 2.83 bits per heavy atom. The van der Waals surface area contributed by atoms with Crippen molar-refractivity contribution in [2.45, 2.75) is 19.9 Å². The van der Waals surface area contributed by atoms with Gasteiger partial charge in [0, 0.05) is 16.3 Å². The summed E-state index contributed by atoms with van der Waals surface area (Å²) in [5.41, 5.74) is 1.87. The van der Waals surface area contributed by atoms with Crippen LogP contribution in [0.15, 0.2) is 23.7 Å². The quantitative estimate of drug-likeness (QED) is 0.781. The molecule has 3 rings (SSSR count). The highest BCUT2D eigenvalue weighted by Crippen LogP contribution is 2.23. The van der Waals surface area contributed by atoms with Crippen LogP contribution in [0.5, 0.6) is 0 Å². The van der Waals surface area contributed by atoms with Crippen molar-refractivity contribution in [2.24, 2.45) is 0 Å². The molecule has 0 atom stereocenters. The first-order valence-electron chi connectivity index (χ1n) is 7.28. The molecule has 0 fully saturated rings. The minimum atomic E-state index is -1.01. The van der Waals surface area contributed by atoms with Crippen molar-refractivity contribution in [2.75, 3.05) is 0 Å². The van der Waals surface area contributed by atoms with Crippen molar-refractivity contribution in [3.8, 4) is 6.07 Å². The fourth-order valence-electron chi connectivity index (χ4n) is 2.34. The maximum Gasteiger partial charge on any atom is 0.336 e. The van der Waals surface area contributed by atoms with E-state index in [9.17, 15) is 9.90 Å². The van der Waals surface area contributed by atoms with Crippen molar-refractivity contribution in [3.63, 3.8) is 0 Å². The number of carboxylic acid groups (broad SMARTS) is 1. The lowest BCUT2D eigenvalue weighted by Gasteiger charge is -2.07. The molecule has 0 bridgehead atoms. The van der Waals surface area contributed by atoms with Gasteiger partial charge in [0.2, 0.25) is 0 Å². The molecule has 0 amide bonds. The molecule has 0 unspecified atom stereocenters. The summed E-state index contributed by atoms with van der Waals surface area (Å²) in [5, 5.41) is 24.8. The molecule has 0 aliphatic carbocycles. The first kappa shape index (κ1) is 15.9. The molecule has 6 nitrogen and oxygen atoms in total. The molecule has 3 aromatic rings. The molecule has 0 radical (unpaired) electrons. The summed E-state index contributed by atoms with van der Waals surface area (Å²) in [6.45, 7) is 3.93. The summed E-state index contributed by atoms with van der Waals surface area (Å²) in [7, 11) is 0. The lowest BCUT2D eigenvalue weighted by molar-refractivity contribution is 0.0699. The predicted molar refractivity (Wildman–Crippen MR) is 92.8 cm³/mol. The molecule has 0 saturated carbocycles. The van der Waals surface area contributed by atoms with Gasteiger partial charge in [-0.15, -0.1) is 11.3 Å². The molecule has 3 aromatic heterocycles. The van der Waals surface area contributed by atoms with Crippen LogP contribution < -0.4 is 0 Å². The Hall–Kier alpha value is -2.98. The third-order valence-electron chi connectivity index (χ3n) is 3.47. The van der Waals surface area contributed by atoms with Crippen LogP contribution in [0, 0.1) is 11.3 Å². The van der Waals surface area contributed by atoms with Gasteiger partial charge >= 0.3 is 5.97 Å². The molecule has 0 aliphatic heterocycles. The minimum absolute atomic E-state index is 0.0753. The number of rotatable bonds is 4. The Morgan fingerprint density at radius 2 is 2.21 bits per heavy atom. The van der Waals surface area contributed by atoms with Crippen LogP contribution in [-0.4, -0.2) is 25.8 Å². The summed E-state index contributed by atoms with van der Waals surface area (Å²) in [6.07, 6.45) is 5.11. The molecular formula is C17H14N4O2S. The van der Waals surface area contributed by atoms with Crippen molar-refractivity contribution >= 4 is 40.5 Å². The molecule has 0 aromatic carbocycles. The average molecular weight is 338 g/mol. The van der Waals surface area contributed by atoms with Gasteiger partial charge < -0.3 is 5.11 Å². The second-order valence-corrected chi connectivity index (χ2v) is 6.45. The fraction of sp³-hybridized carbons (Fsp3) is 0.176. The number of carbonyl (C=O) groups is 1. The molecule has 120 valence electrons. The smallest absolute Gasteiger partial charge is 0.336 e. The molecule has 1 N–H and O–H groups in total. The van der Waals surface area contributed by atoms with Gasteiger partial charge in [0.05, 0.1) is 28.4 Å². The van der Waals surface area contributed by atoms with Crippen molar-refractivity contribution < 1.29 is 9.90 Å². The number of hydrogen-bond donors (Lipinski definition) is 1. The zero-order chi connectivity index (χ0) is 17.3. The van der Waals surface area contributed by atoms with E-state index in [-0.39, 0.29) is 11.6 Å². The summed E-state index contributed by atoms with van der Waals surface area (Å²) in [6, 6.07) is 5.47. The lowest BCUT2D eigenvalue weighted by atomic mass is 10.1. The highest BCUT2D eigenvalue weighted by Gasteiger charge is 2.16. The van der Waals surface area contributed by atoms with E-state index in [2.05, 4.69) is 16.2 Å². The van der Waals surface area contributed by atoms with Gasteiger partial charge in [-0.3, -0.25) is 0 Å². The molecule has 24 heavy (non-hydrogen) atoms. The van der Waals surface area contributed by atoms with Crippen molar-refractivity contribution in [3.05, 3.63) is 45.4 Å². The van der Waals surface area contributed by atoms with Gasteiger partial charge in [-0.2, -0.15) is 10.4 Å². The third-order valence-corrected chi connectivity index (χ3v) is 4.37. The lowest BCUT2D eigenvalue weighted by Crippen LogP contribution is -2.05. The van der Waals surface area contributed by atoms with E-state index in [1.807, 2.05) is 19.9 Å². The summed E-state index contributed by atoms with van der Waals surface area (Å²) in [4.78, 5) is 17.0. The van der Waals surface area contributed by atoms with Crippen LogP contribution in [0.3, 0.4) is 0 Å². The fourth-order valence-corrected chi connectivity index (χ4v) is 3.07. The molecule has 0 saturated heterocycles. The summed E-state index contributed by atoms with van der Waals surface area (Å²) in [5.74, 6) is -1.01. The van der Waals surface area contributed by atoms with Crippen molar-refractivity contribution in [1.29, 1.82) is 5.26 Å². The largest absolute Gasteiger partial charge is 0.478 e. The van der Waals surface area contributed by atoms with Gasteiger partial charge in [0.25, 0.3) is 0 Å². The molecular weight excluding hydrogens is 324 g/mol. The maximum absolute atomic E-state index is 11.5. The number of thiophene rings is 1. The van der Waals surface area contributed by atoms with Gasteiger partial charge in [0.15, 0.2) is 5.65 Å². The van der Waals surface area contributed by atoms with Crippen LogP contribution in [0.4, 0.5) is 0 Å². The third kappa shape index (κ3) is 2.92. The Morgan fingerprint density at radius 1 is 1.42 bits per heavy atom. The summed E-state index contributed by atoms with van der Waals surface area (Å²) < 4.78 is 1.71. The SMILES string of the molecule is CC(C)n1ncc2c(C(=O)O)cc(/C=C/c3cc(C#N)cs3)nc21. The second kappa shape index (κ2) is 6.26. The Bertz CT molecular complexity index is 992. The first-order valence-corrected chi connectivity index (χ1v) is 8.16. The van der Waals surface area contributed by atoms with E-state index in [0.717, 1.165) is 4.88 Å². The Labute approximate surface area is 142 Å². The number of hydrogen-bond acceptors (Lipinski definition) is 5. The van der Waals surface area contributed by atoms with Gasteiger partial charge in [-0.05, 0) is 38.1 Å². The van der Waals surface area contributed by atoms with Crippen LogP contribution in [0.1, 0.15) is 46.4 Å². The van der Waals surface area contributed by atoms with Gasteiger partial charge in [0.1, 0.15) is 6.07 Å². The van der Waals surface area contributed by atoms with Crippen LogP contribution in [0.25, 0.3) is 23.2 Å². The number of aromatic carboxylic acids is 1. The molecule has 0 spiro atoms. The standard InChI is InChI=1S/C17H14N4O2S/c1-10(2)21-16-15(8-19-21)14(17(22)23)6-12(20-16)3-4-13-5-11(7-18)9-24-13/h3-6,8-10H,1-2H3,(H,22,23)/b4-3+. The molecule has 0 aliphatic rings. The minimum Gasteiger partial charge on any atom is -0.478 e. The topological polar surface area (TPSA) is 91.8 Å². The first-order chi connectivity index (χ1) is 11.5. The number of aromatic nitrogens is 3. The zero-order valence-electron chi connectivity index (χ0n) is 13.1. The second-order valence-electron chi connectivity index (χ2n) is 5.50. The van der Waals surface area contributed by atoms with E-state index in [1.165, 1.54) is 23.6 Å². The molecule has 7 heteroatoms. The zero-order valence-corrected chi connectivity index (χ0v) is 13.9. The van der Waals surface area contributed by atoms with Crippen LogP contribution in [0.2, 0.25) is 0 Å². The summed E-state index contributed by atoms with van der Waals surface area (Å²) >= 11 is 1.45.